The molecule has 2 heteroatoms. The van der Waals surface area contributed by atoms with Gasteiger partial charge in [0, 0.05) is 0 Å². The van der Waals surface area contributed by atoms with Crippen LogP contribution in [0.25, 0.3) is 0 Å². The van der Waals surface area contributed by atoms with Gasteiger partial charge in [0.2, 0.25) is 0 Å². The predicted octanol–water partition coefficient (Wildman–Crippen LogP) is 8.66. The number of allylic oxidation sites excluding steroid dienone is 1. The Labute approximate surface area is 159 Å². The van der Waals surface area contributed by atoms with Gasteiger partial charge in [-0.15, -0.1) is 0 Å². The molecule has 0 aromatic rings. The molecule has 0 aliphatic rings. The van der Waals surface area contributed by atoms with Gasteiger partial charge in [-0.05, 0) is 0 Å². The summed E-state index contributed by atoms with van der Waals surface area (Å²) in [5.41, 5.74) is 0. The van der Waals surface area contributed by atoms with Gasteiger partial charge in [-0.25, -0.2) is 0 Å². The Balaban J connectivity index is 4.82. The molecule has 0 nitrogen and oxygen atoms in total. The second-order valence-corrected chi connectivity index (χ2v) is 24.2. The molecule has 0 atom stereocenters. The van der Waals surface area contributed by atoms with Crippen molar-refractivity contribution < 1.29 is 0 Å². The SMILES string of the molecule is CCCCCC/C=[C](/I)[Sn]([CH2]CCC)([CH2]CCC)[CH2]CCC. The van der Waals surface area contributed by atoms with Crippen LogP contribution in [0, 0.1) is 0 Å². The first kappa shape index (κ1) is 23.3. The first-order chi connectivity index (χ1) is 10.7. The van der Waals surface area contributed by atoms with Gasteiger partial charge in [0.25, 0.3) is 0 Å². The van der Waals surface area contributed by atoms with E-state index in [0.717, 1.165) is 0 Å². The zero-order chi connectivity index (χ0) is 16.7. The molecule has 0 fully saturated rings. The van der Waals surface area contributed by atoms with Crippen molar-refractivity contribution in [3.05, 3.63) is 7.67 Å². The van der Waals surface area contributed by atoms with Gasteiger partial charge in [-0.3, -0.25) is 0 Å². The van der Waals surface area contributed by atoms with E-state index in [9.17, 15) is 0 Å². The Kier molecular flexibility index (Phi) is 16.7. The van der Waals surface area contributed by atoms with Crippen LogP contribution < -0.4 is 0 Å². The van der Waals surface area contributed by atoms with E-state index in [1.54, 1.807) is 13.3 Å². The summed E-state index contributed by atoms with van der Waals surface area (Å²) in [6.45, 7) is 9.42. The normalized spacial score (nSPS) is 12.9. The van der Waals surface area contributed by atoms with Crippen LogP contribution in [-0.2, 0) is 0 Å². The summed E-state index contributed by atoms with van der Waals surface area (Å²) in [6, 6.07) is 0. The fraction of sp³-hybridized carbons (Fsp3) is 0.900. The Hall–Kier alpha value is 1.27. The topological polar surface area (TPSA) is 0 Å². The average Bonchev–Trinajstić information content (AvgIpc) is 2.54. The third kappa shape index (κ3) is 10.2. The van der Waals surface area contributed by atoms with Crippen LogP contribution >= 0.6 is 22.6 Å². The van der Waals surface area contributed by atoms with Crippen molar-refractivity contribution >= 4 is 41.0 Å². The molecule has 0 aromatic heterocycles. The molecular formula is C20H41ISn. The van der Waals surface area contributed by atoms with Crippen LogP contribution in [-0.4, -0.2) is 18.4 Å². The average molecular weight is 527 g/mol. The Morgan fingerprint density at radius 3 is 1.55 bits per heavy atom. The van der Waals surface area contributed by atoms with E-state index in [-0.39, 0.29) is 0 Å². The summed E-state index contributed by atoms with van der Waals surface area (Å²) in [7, 11) is 0. The van der Waals surface area contributed by atoms with Crippen molar-refractivity contribution in [2.24, 2.45) is 0 Å². The molecule has 0 heterocycles. The van der Waals surface area contributed by atoms with Gasteiger partial charge in [0.1, 0.15) is 0 Å². The zero-order valence-electron chi connectivity index (χ0n) is 15.9. The van der Waals surface area contributed by atoms with Gasteiger partial charge < -0.3 is 0 Å². The fourth-order valence-corrected chi connectivity index (χ4v) is 23.7. The Bertz CT molecular complexity index is 251. The summed E-state index contributed by atoms with van der Waals surface area (Å²) in [5.74, 6) is 0. The summed E-state index contributed by atoms with van der Waals surface area (Å²) in [4.78, 5) is 0. The van der Waals surface area contributed by atoms with Crippen LogP contribution in [0.5, 0.6) is 0 Å². The quantitative estimate of drug-likeness (QED) is 0.114. The molecule has 0 N–H and O–H groups in total. The van der Waals surface area contributed by atoms with E-state index < -0.39 is 18.4 Å². The maximum absolute atomic E-state index is 2.79. The van der Waals surface area contributed by atoms with Gasteiger partial charge in [0.15, 0.2) is 0 Å². The Morgan fingerprint density at radius 2 is 1.14 bits per heavy atom. The van der Waals surface area contributed by atoms with Crippen molar-refractivity contribution in [2.75, 3.05) is 0 Å². The minimum absolute atomic E-state index is 1.35. The minimum atomic E-state index is -2.05. The zero-order valence-corrected chi connectivity index (χ0v) is 20.9. The summed E-state index contributed by atoms with van der Waals surface area (Å²) >= 11 is 0.743. The van der Waals surface area contributed by atoms with Crippen molar-refractivity contribution in [3.8, 4) is 0 Å². The molecule has 0 saturated carbocycles. The van der Waals surface area contributed by atoms with Crippen LogP contribution in [0.1, 0.15) is 98.3 Å². The summed E-state index contributed by atoms with van der Waals surface area (Å²) in [5, 5.41) is 0. The first-order valence-corrected chi connectivity index (χ1v) is 18.6. The molecule has 0 aliphatic carbocycles. The monoisotopic (exact) mass is 528 g/mol. The van der Waals surface area contributed by atoms with E-state index in [0.29, 0.717) is 0 Å². The van der Waals surface area contributed by atoms with Crippen molar-refractivity contribution in [2.45, 2.75) is 112 Å². The maximum atomic E-state index is 2.79. The Morgan fingerprint density at radius 1 is 0.682 bits per heavy atom. The second-order valence-electron chi connectivity index (χ2n) is 6.99. The molecule has 0 aliphatic heterocycles. The van der Waals surface area contributed by atoms with Crippen LogP contribution in [0.3, 0.4) is 0 Å². The summed E-state index contributed by atoms with van der Waals surface area (Å²) < 4.78 is 6.76. The van der Waals surface area contributed by atoms with Gasteiger partial charge >= 0.3 is 160 Å². The molecule has 0 bridgehead atoms. The second kappa shape index (κ2) is 15.8. The molecule has 0 radical (unpaired) electrons. The molecule has 0 aromatic carbocycles. The van der Waals surface area contributed by atoms with Crippen LogP contribution in [0.4, 0.5) is 0 Å². The van der Waals surface area contributed by atoms with Gasteiger partial charge in [0.05, 0.1) is 0 Å². The van der Waals surface area contributed by atoms with Gasteiger partial charge in [-0.1, -0.05) is 0 Å². The molecule has 22 heavy (non-hydrogen) atoms. The molecule has 0 spiro atoms. The van der Waals surface area contributed by atoms with E-state index in [4.69, 9.17) is 0 Å². The number of halogens is 1. The number of hydrogen-bond acceptors (Lipinski definition) is 0. The fourth-order valence-electron chi connectivity index (χ4n) is 3.30. The first-order valence-electron chi connectivity index (χ1n) is 10.0. The molecule has 0 amide bonds. The summed E-state index contributed by atoms with van der Waals surface area (Å²) in [6.07, 6.45) is 18.3. The van der Waals surface area contributed by atoms with Crippen LogP contribution in [0.15, 0.2) is 7.67 Å². The molecule has 132 valence electrons. The third-order valence-corrected chi connectivity index (χ3v) is 27.7. The van der Waals surface area contributed by atoms with E-state index in [1.165, 1.54) is 70.6 Å². The van der Waals surface area contributed by atoms with E-state index in [2.05, 4.69) is 56.4 Å². The number of rotatable bonds is 15. The molecule has 0 rings (SSSR count). The molecule has 0 unspecified atom stereocenters. The number of unbranched alkanes of at least 4 members (excludes halogenated alkanes) is 7. The van der Waals surface area contributed by atoms with E-state index in [1.807, 2.05) is 1.60 Å². The molecular weight excluding hydrogens is 486 g/mol. The van der Waals surface area contributed by atoms with E-state index >= 15 is 0 Å². The number of hydrogen-bond donors (Lipinski definition) is 0. The standard InChI is InChI=1S/C8H14I.3C4H9.Sn/c1-2-3-4-5-6-7-8-9;3*1-3-4-2;/h7H,2-6H2,1H3;3*1,3-4H2,2H3;. The third-order valence-electron chi connectivity index (χ3n) is 4.91. The molecule has 0 saturated heterocycles. The van der Waals surface area contributed by atoms with Crippen molar-refractivity contribution in [3.63, 3.8) is 0 Å². The predicted molar refractivity (Wildman–Crippen MR) is 116 cm³/mol. The van der Waals surface area contributed by atoms with Gasteiger partial charge in [-0.2, -0.15) is 0 Å². The van der Waals surface area contributed by atoms with Crippen LogP contribution in [0.2, 0.25) is 13.3 Å². The van der Waals surface area contributed by atoms with Crippen molar-refractivity contribution in [1.29, 1.82) is 0 Å². The van der Waals surface area contributed by atoms with Crippen molar-refractivity contribution in [1.82, 2.24) is 0 Å².